The van der Waals surface area contributed by atoms with Crippen LogP contribution in [0, 0.1) is 0 Å². The van der Waals surface area contributed by atoms with Crippen molar-refractivity contribution in [3.63, 3.8) is 0 Å². The van der Waals surface area contributed by atoms with Gasteiger partial charge in [-0.1, -0.05) is 23.7 Å². The Labute approximate surface area is 122 Å². The summed E-state index contributed by atoms with van der Waals surface area (Å²) in [7, 11) is 0. The van der Waals surface area contributed by atoms with E-state index in [1.54, 1.807) is 0 Å². The van der Waals surface area contributed by atoms with Crippen molar-refractivity contribution < 1.29 is 14.3 Å². The first kappa shape index (κ1) is 14.7. The number of halogens is 1. The molecule has 2 rings (SSSR count). The van der Waals surface area contributed by atoms with Gasteiger partial charge in [-0.25, -0.2) is 4.79 Å². The largest absolute Gasteiger partial charge is 0.448 e. The van der Waals surface area contributed by atoms with Crippen LogP contribution in [0.25, 0.3) is 0 Å². The highest BCUT2D eigenvalue weighted by Gasteiger charge is 2.21. The van der Waals surface area contributed by atoms with Gasteiger partial charge in [-0.3, -0.25) is 4.79 Å². The molecule has 1 N–H and O–H groups in total. The molecule has 0 aliphatic carbocycles. The second-order valence-corrected chi connectivity index (χ2v) is 5.02. The maximum absolute atomic E-state index is 11.6. The minimum absolute atomic E-state index is 0.0632. The molecule has 6 heteroatoms. The van der Waals surface area contributed by atoms with Crippen LogP contribution in [0.1, 0.15) is 12.0 Å². The van der Waals surface area contributed by atoms with Crippen molar-refractivity contribution in [2.24, 2.45) is 0 Å². The summed E-state index contributed by atoms with van der Waals surface area (Å²) in [5, 5.41) is 3.52. The van der Waals surface area contributed by atoms with E-state index in [9.17, 15) is 9.59 Å². The van der Waals surface area contributed by atoms with Crippen LogP contribution in [0.3, 0.4) is 0 Å². The highest BCUT2D eigenvalue weighted by molar-refractivity contribution is 6.30. The summed E-state index contributed by atoms with van der Waals surface area (Å²) >= 11 is 5.89. The molecule has 0 radical (unpaired) electrons. The third-order valence-electron chi connectivity index (χ3n) is 3.08. The summed E-state index contributed by atoms with van der Waals surface area (Å²) in [6.45, 7) is 1.94. The summed E-state index contributed by atoms with van der Waals surface area (Å²) in [5.74, 6) is -0.0632. The van der Waals surface area contributed by atoms with Gasteiger partial charge < -0.3 is 15.0 Å². The van der Waals surface area contributed by atoms with Gasteiger partial charge >= 0.3 is 6.09 Å². The fraction of sp³-hybridized carbons (Fsp3) is 0.429. The van der Waals surface area contributed by atoms with Crippen LogP contribution in [-0.4, -0.2) is 43.1 Å². The van der Waals surface area contributed by atoms with Gasteiger partial charge in [-0.15, -0.1) is 0 Å². The number of benzene rings is 1. The van der Waals surface area contributed by atoms with Crippen molar-refractivity contribution in [2.75, 3.05) is 26.2 Å². The molecule has 5 nitrogen and oxygen atoms in total. The van der Waals surface area contributed by atoms with Crippen LogP contribution in [-0.2, 0) is 16.0 Å². The van der Waals surface area contributed by atoms with E-state index in [0.717, 1.165) is 12.0 Å². The number of rotatable bonds is 6. The molecule has 1 aliphatic rings. The molecule has 1 aromatic rings. The number of carbonyl (C=O) groups excluding carboxylic acids is 2. The SMILES string of the molecule is O=C(CCN1CCOC1=O)NCCc1cccc(Cl)c1. The van der Waals surface area contributed by atoms with Crippen molar-refractivity contribution in [1.29, 1.82) is 0 Å². The number of nitrogens with zero attached hydrogens (tertiary/aromatic N) is 1. The average molecular weight is 297 g/mol. The van der Waals surface area contributed by atoms with Gasteiger partial charge in [0.05, 0.1) is 6.54 Å². The van der Waals surface area contributed by atoms with Gasteiger partial charge in [0.15, 0.2) is 0 Å². The zero-order valence-electron chi connectivity index (χ0n) is 11.1. The summed E-state index contributed by atoms with van der Waals surface area (Å²) in [5.41, 5.74) is 1.08. The van der Waals surface area contributed by atoms with Crippen molar-refractivity contribution in [3.8, 4) is 0 Å². The Kier molecular flexibility index (Phi) is 5.24. The Hall–Kier alpha value is -1.75. The normalized spacial score (nSPS) is 14.2. The molecule has 0 unspecified atom stereocenters. The van der Waals surface area contributed by atoms with E-state index in [2.05, 4.69) is 5.32 Å². The molecular weight excluding hydrogens is 280 g/mol. The molecule has 0 saturated carbocycles. The zero-order valence-corrected chi connectivity index (χ0v) is 11.9. The summed E-state index contributed by atoms with van der Waals surface area (Å²) < 4.78 is 4.79. The maximum Gasteiger partial charge on any atom is 0.409 e. The minimum Gasteiger partial charge on any atom is -0.448 e. The van der Waals surface area contributed by atoms with E-state index in [4.69, 9.17) is 16.3 Å². The highest BCUT2D eigenvalue weighted by Crippen LogP contribution is 2.10. The Morgan fingerprint density at radius 2 is 2.30 bits per heavy atom. The number of hydrogen-bond donors (Lipinski definition) is 1. The number of ether oxygens (including phenoxy) is 1. The molecule has 0 atom stereocenters. The zero-order chi connectivity index (χ0) is 14.4. The summed E-state index contributed by atoms with van der Waals surface area (Å²) in [6.07, 6.45) is 0.694. The molecule has 1 heterocycles. The minimum atomic E-state index is -0.336. The fourth-order valence-electron chi connectivity index (χ4n) is 1.99. The van der Waals surface area contributed by atoms with E-state index in [-0.39, 0.29) is 12.0 Å². The Bertz CT molecular complexity index is 493. The number of cyclic esters (lactones) is 1. The highest BCUT2D eigenvalue weighted by atomic mass is 35.5. The molecule has 108 valence electrons. The molecule has 1 aliphatic heterocycles. The van der Waals surface area contributed by atoms with E-state index < -0.39 is 0 Å². The first-order chi connectivity index (χ1) is 9.65. The van der Waals surface area contributed by atoms with E-state index in [1.165, 1.54) is 4.90 Å². The number of nitrogens with one attached hydrogen (secondary N) is 1. The lowest BCUT2D eigenvalue weighted by atomic mass is 10.1. The van der Waals surface area contributed by atoms with Gasteiger partial charge in [0.1, 0.15) is 6.61 Å². The predicted molar refractivity (Wildman–Crippen MR) is 75.7 cm³/mol. The van der Waals surface area contributed by atoms with Crippen molar-refractivity contribution in [1.82, 2.24) is 10.2 Å². The van der Waals surface area contributed by atoms with Crippen LogP contribution in [0.15, 0.2) is 24.3 Å². The average Bonchev–Trinajstić information content (AvgIpc) is 2.82. The first-order valence-corrected chi connectivity index (χ1v) is 6.96. The van der Waals surface area contributed by atoms with Crippen LogP contribution in [0.5, 0.6) is 0 Å². The van der Waals surface area contributed by atoms with E-state index >= 15 is 0 Å². The van der Waals surface area contributed by atoms with Crippen LogP contribution < -0.4 is 5.32 Å². The number of carbonyl (C=O) groups is 2. The second-order valence-electron chi connectivity index (χ2n) is 4.58. The third-order valence-corrected chi connectivity index (χ3v) is 3.31. The lowest BCUT2D eigenvalue weighted by molar-refractivity contribution is -0.121. The molecule has 2 amide bonds. The van der Waals surface area contributed by atoms with Crippen molar-refractivity contribution in [2.45, 2.75) is 12.8 Å². The topological polar surface area (TPSA) is 58.6 Å². The quantitative estimate of drug-likeness (QED) is 0.871. The molecular formula is C14H17ClN2O3. The lowest BCUT2D eigenvalue weighted by Crippen LogP contribution is -2.32. The van der Waals surface area contributed by atoms with Crippen LogP contribution in [0.2, 0.25) is 5.02 Å². The van der Waals surface area contributed by atoms with Gasteiger partial charge in [-0.05, 0) is 24.1 Å². The molecule has 0 bridgehead atoms. The number of hydrogen-bond acceptors (Lipinski definition) is 3. The molecule has 0 aromatic heterocycles. The molecule has 0 spiro atoms. The van der Waals surface area contributed by atoms with E-state index in [1.807, 2.05) is 24.3 Å². The smallest absolute Gasteiger partial charge is 0.409 e. The molecule has 1 aromatic carbocycles. The van der Waals surface area contributed by atoms with Gasteiger partial charge in [0, 0.05) is 24.5 Å². The molecule has 1 saturated heterocycles. The molecule has 20 heavy (non-hydrogen) atoms. The maximum atomic E-state index is 11.6. The van der Waals surface area contributed by atoms with Gasteiger partial charge in [0.2, 0.25) is 5.91 Å². The standard InChI is InChI=1S/C14H17ClN2O3/c15-12-3-1-2-11(10-12)4-6-16-13(18)5-7-17-8-9-20-14(17)19/h1-3,10H,4-9H2,(H,16,18). The van der Waals surface area contributed by atoms with Gasteiger partial charge in [-0.2, -0.15) is 0 Å². The lowest BCUT2D eigenvalue weighted by Gasteiger charge is -2.12. The Morgan fingerprint density at radius 3 is 3.00 bits per heavy atom. The summed E-state index contributed by atoms with van der Waals surface area (Å²) in [4.78, 5) is 24.4. The van der Waals surface area contributed by atoms with Gasteiger partial charge in [0.25, 0.3) is 0 Å². The first-order valence-electron chi connectivity index (χ1n) is 6.58. The third kappa shape index (κ3) is 4.42. The van der Waals surface area contributed by atoms with E-state index in [0.29, 0.717) is 37.7 Å². The Morgan fingerprint density at radius 1 is 1.45 bits per heavy atom. The monoisotopic (exact) mass is 296 g/mol. The van der Waals surface area contributed by atoms with Crippen LogP contribution >= 0.6 is 11.6 Å². The molecule has 1 fully saturated rings. The predicted octanol–water partition coefficient (Wildman–Crippen LogP) is 1.84. The summed E-state index contributed by atoms with van der Waals surface area (Å²) in [6, 6.07) is 7.56. The van der Waals surface area contributed by atoms with Crippen molar-refractivity contribution in [3.05, 3.63) is 34.9 Å². The second kappa shape index (κ2) is 7.14. The number of amides is 2. The fourth-order valence-corrected chi connectivity index (χ4v) is 2.21. The Balaban J connectivity index is 1.64. The van der Waals surface area contributed by atoms with Crippen LogP contribution in [0.4, 0.5) is 4.79 Å². The van der Waals surface area contributed by atoms with Crippen molar-refractivity contribution >= 4 is 23.6 Å².